The molecule has 0 amide bonds. The van der Waals surface area contributed by atoms with Crippen LogP contribution in [0.25, 0.3) is 0 Å². The molecule has 4 N–H and O–H groups in total. The molecular formula is C35H50O7. The normalized spacial score (nSPS) is 44.4. The van der Waals surface area contributed by atoms with E-state index in [4.69, 9.17) is 0 Å². The molecule has 0 radical (unpaired) electrons. The third-order valence-corrected chi connectivity index (χ3v) is 14.0. The van der Waals surface area contributed by atoms with Crippen molar-refractivity contribution in [1.82, 2.24) is 0 Å². The lowest BCUT2D eigenvalue weighted by atomic mass is 9.36. The van der Waals surface area contributed by atoms with Crippen molar-refractivity contribution in [3.8, 4) is 0 Å². The zero-order valence-corrected chi connectivity index (χ0v) is 25.9. The summed E-state index contributed by atoms with van der Waals surface area (Å²) in [5, 5.41) is 44.8. The number of hydrogen-bond donors (Lipinski definition) is 4. The Kier molecular flexibility index (Phi) is 7.07. The van der Waals surface area contributed by atoms with E-state index in [-0.39, 0.29) is 29.0 Å². The SMILES string of the molecule is C/C(=C\[C@@H](O)C[C@@H](C)[C@]12CCC[C@@]3(C4=C5C(=O)C[C@]13CCCCC[C@@]51CCC(=O)C(C)(C)[C@H]1C[C@H]4O)[C@@H](O)C2)C(=O)O. The number of hydrogen-bond acceptors (Lipinski definition) is 6. The molecule has 0 saturated heterocycles. The molecule has 2 spiro atoms. The lowest BCUT2D eigenvalue weighted by Crippen LogP contribution is -2.65. The lowest BCUT2D eigenvalue weighted by molar-refractivity contribution is -0.164. The molecule has 6 aliphatic carbocycles. The van der Waals surface area contributed by atoms with E-state index in [1.54, 1.807) is 0 Å². The van der Waals surface area contributed by atoms with E-state index in [1.807, 2.05) is 13.8 Å². The maximum absolute atomic E-state index is 14.8. The Labute approximate surface area is 249 Å². The first-order valence-corrected chi connectivity index (χ1v) is 16.5. The summed E-state index contributed by atoms with van der Waals surface area (Å²) in [4.78, 5) is 39.5. The molecule has 4 fully saturated rings. The second-order valence-electron chi connectivity index (χ2n) is 15.7. The van der Waals surface area contributed by atoms with Crippen LogP contribution in [0.1, 0.15) is 118 Å². The summed E-state index contributed by atoms with van der Waals surface area (Å²) in [6.07, 6.45) is 8.80. The number of allylic oxidation sites excluding steroid dienone is 1. The fraction of sp³-hybridized carbons (Fsp3) is 0.800. The number of carbonyl (C=O) groups excluding carboxylic acids is 2. The minimum Gasteiger partial charge on any atom is -0.478 e. The zero-order valence-electron chi connectivity index (χ0n) is 25.9. The number of ketones is 2. The number of aliphatic carboxylic acids is 1. The van der Waals surface area contributed by atoms with Crippen molar-refractivity contribution in [3.63, 3.8) is 0 Å². The van der Waals surface area contributed by atoms with Gasteiger partial charge >= 0.3 is 5.97 Å². The van der Waals surface area contributed by atoms with Gasteiger partial charge in [0, 0.05) is 40.2 Å². The Balaban J connectivity index is 1.54. The Bertz CT molecular complexity index is 1260. The maximum atomic E-state index is 14.8. The van der Waals surface area contributed by atoms with Gasteiger partial charge in [-0.3, -0.25) is 9.59 Å². The van der Waals surface area contributed by atoms with Gasteiger partial charge in [0.25, 0.3) is 0 Å². The first kappa shape index (κ1) is 30.2. The summed E-state index contributed by atoms with van der Waals surface area (Å²) in [6, 6.07) is 0. The molecular weight excluding hydrogens is 532 g/mol. The monoisotopic (exact) mass is 582 g/mol. The van der Waals surface area contributed by atoms with Crippen molar-refractivity contribution < 1.29 is 34.8 Å². The van der Waals surface area contributed by atoms with E-state index in [9.17, 15) is 34.8 Å². The summed E-state index contributed by atoms with van der Waals surface area (Å²) in [5.74, 6) is -0.876. The quantitative estimate of drug-likeness (QED) is 0.323. The molecule has 232 valence electrons. The van der Waals surface area contributed by atoms with Crippen molar-refractivity contribution in [1.29, 1.82) is 0 Å². The molecule has 0 aromatic rings. The van der Waals surface area contributed by atoms with Crippen LogP contribution in [0.3, 0.4) is 0 Å². The highest BCUT2D eigenvalue weighted by atomic mass is 16.4. The van der Waals surface area contributed by atoms with E-state index in [1.165, 1.54) is 13.0 Å². The smallest absolute Gasteiger partial charge is 0.331 e. The Hall–Kier alpha value is -1.83. The van der Waals surface area contributed by atoms with Gasteiger partial charge in [-0.05, 0) is 92.6 Å². The molecule has 6 rings (SSSR count). The summed E-state index contributed by atoms with van der Waals surface area (Å²) in [6.45, 7) is 7.63. The number of fused-ring (bicyclic) bond motifs is 1. The molecule has 0 heterocycles. The number of aliphatic hydroxyl groups excluding tert-OH is 3. The van der Waals surface area contributed by atoms with E-state index < -0.39 is 51.4 Å². The fourth-order valence-corrected chi connectivity index (χ4v) is 12.4. The second-order valence-corrected chi connectivity index (χ2v) is 15.7. The van der Waals surface area contributed by atoms with Gasteiger partial charge in [-0.2, -0.15) is 0 Å². The first-order chi connectivity index (χ1) is 19.7. The predicted molar refractivity (Wildman–Crippen MR) is 157 cm³/mol. The summed E-state index contributed by atoms with van der Waals surface area (Å²) >= 11 is 0. The van der Waals surface area contributed by atoms with Crippen LogP contribution in [0, 0.1) is 38.9 Å². The van der Waals surface area contributed by atoms with Crippen molar-refractivity contribution in [3.05, 3.63) is 22.8 Å². The van der Waals surface area contributed by atoms with Gasteiger partial charge < -0.3 is 20.4 Å². The van der Waals surface area contributed by atoms with Gasteiger partial charge in [-0.1, -0.05) is 46.5 Å². The standard InChI is InChI=1S/C35H50O7/c1-20(30(41)42)15-22(36)16-21(2)33-11-8-13-35(27(40)19-33)29-23(37)17-25-31(3,4)26(39)9-14-32(25)10-6-5-7-12-34(33,35)18-24(38)28(29)32/h15,21-23,25,27,36-37,40H,5-14,16-19H2,1-4H3,(H,41,42)/b20-15+/t21-,22-,23-,25-,27+,32+,33-,34-,35+/m1/s1. The van der Waals surface area contributed by atoms with Gasteiger partial charge in [0.2, 0.25) is 0 Å². The lowest BCUT2D eigenvalue weighted by Gasteiger charge is -2.67. The topological polar surface area (TPSA) is 132 Å². The van der Waals surface area contributed by atoms with Crippen molar-refractivity contribution in [2.24, 2.45) is 38.9 Å². The van der Waals surface area contributed by atoms with Crippen LogP contribution < -0.4 is 0 Å². The molecule has 0 aromatic carbocycles. The Morgan fingerprint density at radius 2 is 1.74 bits per heavy atom. The molecule has 0 unspecified atom stereocenters. The van der Waals surface area contributed by atoms with Crippen molar-refractivity contribution in [2.75, 3.05) is 0 Å². The third kappa shape index (κ3) is 3.65. The number of Topliss-reactive ketones (excluding diaryl/α,β-unsaturated/α-hetero) is 2. The predicted octanol–water partition coefficient (Wildman–Crippen LogP) is 5.30. The summed E-state index contributed by atoms with van der Waals surface area (Å²) in [7, 11) is 0. The van der Waals surface area contributed by atoms with Gasteiger partial charge in [0.05, 0.1) is 18.3 Å². The van der Waals surface area contributed by atoms with Crippen LogP contribution in [-0.4, -0.2) is 56.3 Å². The Morgan fingerprint density at radius 3 is 2.45 bits per heavy atom. The van der Waals surface area contributed by atoms with Gasteiger partial charge in [-0.15, -0.1) is 0 Å². The summed E-state index contributed by atoms with van der Waals surface area (Å²) in [5.41, 5.74) is -0.966. The highest BCUT2D eigenvalue weighted by Crippen LogP contribution is 2.81. The number of carbonyl (C=O) groups is 3. The van der Waals surface area contributed by atoms with Crippen LogP contribution in [0.4, 0.5) is 0 Å². The number of carboxylic acid groups (broad SMARTS) is 1. The first-order valence-electron chi connectivity index (χ1n) is 16.5. The average Bonchev–Trinajstić information content (AvgIpc) is 3.01. The average molecular weight is 583 g/mol. The number of rotatable bonds is 5. The fourth-order valence-electron chi connectivity index (χ4n) is 12.4. The second kappa shape index (κ2) is 9.84. The third-order valence-electron chi connectivity index (χ3n) is 14.0. The minimum absolute atomic E-state index is 0.0614. The van der Waals surface area contributed by atoms with E-state index >= 15 is 0 Å². The number of carboxylic acids is 1. The van der Waals surface area contributed by atoms with Crippen LogP contribution in [0.2, 0.25) is 0 Å². The van der Waals surface area contributed by atoms with E-state index in [0.29, 0.717) is 38.5 Å². The molecule has 0 aromatic heterocycles. The highest BCUT2D eigenvalue weighted by Gasteiger charge is 2.78. The Morgan fingerprint density at radius 1 is 1.02 bits per heavy atom. The van der Waals surface area contributed by atoms with E-state index in [2.05, 4.69) is 6.92 Å². The maximum Gasteiger partial charge on any atom is 0.331 e. The van der Waals surface area contributed by atoms with Crippen molar-refractivity contribution in [2.45, 2.75) is 136 Å². The van der Waals surface area contributed by atoms with Crippen LogP contribution >= 0.6 is 0 Å². The largest absolute Gasteiger partial charge is 0.478 e. The summed E-state index contributed by atoms with van der Waals surface area (Å²) < 4.78 is 0. The number of aliphatic hydroxyl groups is 3. The van der Waals surface area contributed by atoms with Gasteiger partial charge in [0.1, 0.15) is 5.78 Å². The molecule has 7 nitrogen and oxygen atoms in total. The van der Waals surface area contributed by atoms with Gasteiger partial charge in [0.15, 0.2) is 5.78 Å². The van der Waals surface area contributed by atoms with Crippen molar-refractivity contribution >= 4 is 17.5 Å². The molecule has 42 heavy (non-hydrogen) atoms. The zero-order chi connectivity index (χ0) is 30.5. The van der Waals surface area contributed by atoms with Crippen LogP contribution in [0.5, 0.6) is 0 Å². The van der Waals surface area contributed by atoms with Crippen LogP contribution in [-0.2, 0) is 14.4 Å². The van der Waals surface area contributed by atoms with Gasteiger partial charge in [-0.25, -0.2) is 4.79 Å². The molecule has 7 heteroatoms. The molecule has 4 saturated carbocycles. The highest BCUT2D eigenvalue weighted by molar-refractivity contribution is 6.01. The molecule has 6 aliphatic rings. The molecule has 4 bridgehead atoms. The molecule has 0 aliphatic heterocycles. The molecule has 9 atom stereocenters. The van der Waals surface area contributed by atoms with Crippen LogP contribution in [0.15, 0.2) is 22.8 Å². The van der Waals surface area contributed by atoms with E-state index in [0.717, 1.165) is 62.5 Å². The minimum atomic E-state index is -1.05.